The van der Waals surface area contributed by atoms with Crippen molar-refractivity contribution in [2.75, 3.05) is 31.9 Å². The fourth-order valence-corrected chi connectivity index (χ4v) is 3.25. The zero-order valence-corrected chi connectivity index (χ0v) is 13.9. The first-order valence-corrected chi connectivity index (χ1v) is 9.02. The third-order valence-corrected chi connectivity index (χ3v) is 6.13. The van der Waals surface area contributed by atoms with Crippen LogP contribution in [0.15, 0.2) is 0 Å². The van der Waals surface area contributed by atoms with Gasteiger partial charge in [-0.25, -0.2) is 8.42 Å². The van der Waals surface area contributed by atoms with Gasteiger partial charge in [-0.3, -0.25) is 0 Å². The molecule has 1 atom stereocenters. The highest BCUT2D eigenvalue weighted by Crippen LogP contribution is 2.21. The minimum absolute atomic E-state index is 0.208. The van der Waals surface area contributed by atoms with E-state index < -0.39 is 9.84 Å². The van der Waals surface area contributed by atoms with E-state index in [1.807, 2.05) is 0 Å². The van der Waals surface area contributed by atoms with E-state index >= 15 is 0 Å². The Hall–Kier alpha value is -0.130. The van der Waals surface area contributed by atoms with Crippen LogP contribution in [-0.2, 0) is 9.84 Å². The SMILES string of the molecule is CC(C)S(=O)(=O)CCN1CCCNC(C(C)(C)C)C1. The standard InChI is InChI=1S/C14H30N2O2S/c1-12(2)19(17,18)10-9-16-8-6-7-15-13(11-16)14(3,4)5/h12-13,15H,6-11H2,1-5H3. The van der Waals surface area contributed by atoms with Gasteiger partial charge < -0.3 is 10.2 Å². The first kappa shape index (κ1) is 16.9. The Morgan fingerprint density at radius 1 is 1.32 bits per heavy atom. The van der Waals surface area contributed by atoms with E-state index in [0.717, 1.165) is 26.1 Å². The van der Waals surface area contributed by atoms with E-state index in [2.05, 4.69) is 31.0 Å². The molecule has 0 aromatic rings. The van der Waals surface area contributed by atoms with Crippen molar-refractivity contribution in [1.29, 1.82) is 0 Å². The lowest BCUT2D eigenvalue weighted by molar-refractivity contribution is 0.203. The van der Waals surface area contributed by atoms with E-state index in [1.54, 1.807) is 13.8 Å². The quantitative estimate of drug-likeness (QED) is 0.853. The Bertz CT molecular complexity index is 371. The molecule has 1 aliphatic rings. The van der Waals surface area contributed by atoms with Gasteiger partial charge in [0.25, 0.3) is 0 Å². The maximum atomic E-state index is 11.9. The second-order valence-electron chi connectivity index (χ2n) is 6.94. The van der Waals surface area contributed by atoms with Crippen molar-refractivity contribution >= 4 is 9.84 Å². The smallest absolute Gasteiger partial charge is 0.153 e. The third kappa shape index (κ3) is 5.40. The molecule has 1 aliphatic heterocycles. The minimum Gasteiger partial charge on any atom is -0.312 e. The van der Waals surface area contributed by atoms with Crippen LogP contribution in [0.2, 0.25) is 0 Å². The molecule has 1 saturated heterocycles. The van der Waals surface area contributed by atoms with E-state index in [0.29, 0.717) is 12.6 Å². The first-order valence-electron chi connectivity index (χ1n) is 7.30. The second-order valence-corrected chi connectivity index (χ2v) is 9.62. The van der Waals surface area contributed by atoms with Gasteiger partial charge in [0.05, 0.1) is 11.0 Å². The molecule has 0 spiro atoms. The molecule has 1 heterocycles. The molecule has 0 saturated carbocycles. The van der Waals surface area contributed by atoms with Crippen molar-refractivity contribution in [1.82, 2.24) is 10.2 Å². The Morgan fingerprint density at radius 3 is 2.47 bits per heavy atom. The maximum absolute atomic E-state index is 11.9. The van der Waals surface area contributed by atoms with Crippen molar-refractivity contribution in [3.05, 3.63) is 0 Å². The molecule has 0 aromatic heterocycles. The number of nitrogens with one attached hydrogen (secondary N) is 1. The lowest BCUT2D eigenvalue weighted by atomic mass is 9.86. The van der Waals surface area contributed by atoms with E-state index in [1.165, 1.54) is 0 Å². The number of nitrogens with zero attached hydrogens (tertiary/aromatic N) is 1. The fraction of sp³-hybridized carbons (Fsp3) is 1.00. The molecular weight excluding hydrogens is 260 g/mol. The zero-order chi connectivity index (χ0) is 14.7. The highest BCUT2D eigenvalue weighted by atomic mass is 32.2. The van der Waals surface area contributed by atoms with E-state index in [4.69, 9.17) is 0 Å². The summed E-state index contributed by atoms with van der Waals surface area (Å²) < 4.78 is 23.8. The Kier molecular flexibility index (Phi) is 5.83. The van der Waals surface area contributed by atoms with Gasteiger partial charge in [-0.05, 0) is 38.8 Å². The molecule has 0 bridgehead atoms. The van der Waals surface area contributed by atoms with E-state index in [9.17, 15) is 8.42 Å². The zero-order valence-electron chi connectivity index (χ0n) is 13.1. The summed E-state index contributed by atoms with van der Waals surface area (Å²) in [7, 11) is -2.92. The van der Waals surface area contributed by atoms with Crippen molar-refractivity contribution in [3.8, 4) is 0 Å². The van der Waals surface area contributed by atoms with Crippen molar-refractivity contribution in [2.45, 2.75) is 52.3 Å². The van der Waals surface area contributed by atoms with Gasteiger partial charge in [0.1, 0.15) is 0 Å². The lowest BCUT2D eigenvalue weighted by Crippen LogP contribution is -2.47. The molecule has 1 N–H and O–H groups in total. The number of sulfone groups is 1. The average Bonchev–Trinajstić information content (AvgIpc) is 2.50. The topological polar surface area (TPSA) is 49.4 Å². The molecule has 5 heteroatoms. The number of rotatable bonds is 4. The minimum atomic E-state index is -2.92. The number of hydrogen-bond acceptors (Lipinski definition) is 4. The predicted octanol–water partition coefficient (Wildman–Crippen LogP) is 1.52. The summed E-state index contributed by atoms with van der Waals surface area (Å²) in [6, 6.07) is 0.428. The Labute approximate surface area is 118 Å². The molecule has 1 unspecified atom stereocenters. The van der Waals surface area contributed by atoms with Crippen LogP contribution in [0.25, 0.3) is 0 Å². The summed E-state index contributed by atoms with van der Waals surface area (Å²) in [5.74, 6) is 0.279. The van der Waals surface area contributed by atoms with Crippen LogP contribution in [0.1, 0.15) is 41.0 Å². The van der Waals surface area contributed by atoms with Gasteiger partial charge in [-0.1, -0.05) is 20.8 Å². The molecule has 1 rings (SSSR count). The molecule has 114 valence electrons. The van der Waals surface area contributed by atoms with Crippen molar-refractivity contribution in [2.24, 2.45) is 5.41 Å². The summed E-state index contributed by atoms with van der Waals surface area (Å²) >= 11 is 0. The van der Waals surface area contributed by atoms with Gasteiger partial charge in [0.2, 0.25) is 0 Å². The Morgan fingerprint density at radius 2 is 1.95 bits per heavy atom. The molecule has 0 radical (unpaired) electrons. The lowest BCUT2D eigenvalue weighted by Gasteiger charge is -2.33. The van der Waals surface area contributed by atoms with Gasteiger partial charge in [-0.15, -0.1) is 0 Å². The molecule has 1 fully saturated rings. The van der Waals surface area contributed by atoms with Crippen LogP contribution in [0.5, 0.6) is 0 Å². The molecule has 19 heavy (non-hydrogen) atoms. The normalized spacial score (nSPS) is 23.6. The van der Waals surface area contributed by atoms with Gasteiger partial charge in [0.15, 0.2) is 9.84 Å². The van der Waals surface area contributed by atoms with Gasteiger partial charge in [0, 0.05) is 19.1 Å². The van der Waals surface area contributed by atoms with Crippen molar-refractivity contribution in [3.63, 3.8) is 0 Å². The van der Waals surface area contributed by atoms with Gasteiger partial charge >= 0.3 is 0 Å². The molecule has 0 amide bonds. The van der Waals surface area contributed by atoms with Crippen LogP contribution in [0.3, 0.4) is 0 Å². The summed E-state index contributed by atoms with van der Waals surface area (Å²) in [6.45, 7) is 13.8. The first-order chi connectivity index (χ1) is 8.63. The predicted molar refractivity (Wildman–Crippen MR) is 81.2 cm³/mol. The largest absolute Gasteiger partial charge is 0.312 e. The molecule has 4 nitrogen and oxygen atoms in total. The molecular formula is C14H30N2O2S. The Balaban J connectivity index is 2.58. The van der Waals surface area contributed by atoms with Crippen LogP contribution in [0.4, 0.5) is 0 Å². The highest BCUT2D eigenvalue weighted by Gasteiger charge is 2.28. The molecule has 0 aromatic carbocycles. The average molecular weight is 290 g/mol. The summed E-state index contributed by atoms with van der Waals surface area (Å²) in [5.41, 5.74) is 0.208. The summed E-state index contributed by atoms with van der Waals surface area (Å²) in [5, 5.41) is 3.31. The van der Waals surface area contributed by atoms with Crippen LogP contribution < -0.4 is 5.32 Å². The monoisotopic (exact) mass is 290 g/mol. The third-order valence-electron chi connectivity index (χ3n) is 3.94. The van der Waals surface area contributed by atoms with Crippen LogP contribution >= 0.6 is 0 Å². The van der Waals surface area contributed by atoms with Crippen molar-refractivity contribution < 1.29 is 8.42 Å². The summed E-state index contributed by atoms with van der Waals surface area (Å²) in [4.78, 5) is 2.30. The van der Waals surface area contributed by atoms with Gasteiger partial charge in [-0.2, -0.15) is 0 Å². The molecule has 0 aliphatic carbocycles. The highest BCUT2D eigenvalue weighted by molar-refractivity contribution is 7.92. The van der Waals surface area contributed by atoms with Crippen LogP contribution in [-0.4, -0.2) is 56.5 Å². The summed E-state index contributed by atoms with van der Waals surface area (Å²) in [6.07, 6.45) is 1.09. The maximum Gasteiger partial charge on any atom is 0.153 e. The second kappa shape index (κ2) is 6.55. The number of hydrogen-bond donors (Lipinski definition) is 1. The fourth-order valence-electron chi connectivity index (χ4n) is 2.27. The van der Waals surface area contributed by atoms with E-state index in [-0.39, 0.29) is 16.4 Å². The van der Waals surface area contributed by atoms with Crippen LogP contribution in [0, 0.1) is 5.41 Å².